The van der Waals surface area contributed by atoms with Crippen molar-refractivity contribution in [1.82, 2.24) is 14.9 Å². The molecule has 1 saturated carbocycles. The SMILES string of the molecule is COc1cc2nc(C)nc(N[C@H](C)c3cccc(C(C)(F)F)c3C)c2cc1OC[C@@H]1CCCN1C1CC1. The van der Waals surface area contributed by atoms with Gasteiger partial charge in [-0.15, -0.1) is 0 Å². The minimum absolute atomic E-state index is 0.0370. The van der Waals surface area contributed by atoms with E-state index in [1.807, 2.05) is 32.0 Å². The van der Waals surface area contributed by atoms with Gasteiger partial charge in [-0.2, -0.15) is 0 Å². The number of likely N-dealkylation sites (tertiary alicyclic amines) is 1. The van der Waals surface area contributed by atoms with Crippen LogP contribution in [0, 0.1) is 13.8 Å². The number of nitrogens with one attached hydrogen (secondary N) is 1. The molecule has 0 amide bonds. The molecule has 1 aliphatic carbocycles. The second-order valence-corrected chi connectivity index (χ2v) is 10.5. The normalized spacial score (nSPS) is 19.3. The van der Waals surface area contributed by atoms with E-state index in [4.69, 9.17) is 9.47 Å². The van der Waals surface area contributed by atoms with Crippen LogP contribution in [0.25, 0.3) is 10.9 Å². The van der Waals surface area contributed by atoms with Gasteiger partial charge in [0.2, 0.25) is 0 Å². The number of methoxy groups -OCH3 is 1. The van der Waals surface area contributed by atoms with Gasteiger partial charge < -0.3 is 14.8 Å². The highest BCUT2D eigenvalue weighted by molar-refractivity contribution is 5.92. The van der Waals surface area contributed by atoms with Crippen molar-refractivity contribution in [1.29, 1.82) is 0 Å². The summed E-state index contributed by atoms with van der Waals surface area (Å²) in [4.78, 5) is 11.9. The van der Waals surface area contributed by atoms with Gasteiger partial charge in [0.1, 0.15) is 18.2 Å². The van der Waals surface area contributed by atoms with Crippen LogP contribution in [-0.2, 0) is 5.92 Å². The number of anilines is 1. The van der Waals surface area contributed by atoms with Crippen LogP contribution >= 0.6 is 0 Å². The number of rotatable bonds is 9. The summed E-state index contributed by atoms with van der Waals surface area (Å²) in [7, 11) is 1.63. The summed E-state index contributed by atoms with van der Waals surface area (Å²) in [5, 5.41) is 4.25. The quantitative estimate of drug-likeness (QED) is 0.352. The number of aromatic nitrogens is 2. The van der Waals surface area contributed by atoms with E-state index in [-0.39, 0.29) is 11.6 Å². The van der Waals surface area contributed by atoms with Crippen LogP contribution in [0.3, 0.4) is 0 Å². The second kappa shape index (κ2) is 10.0. The van der Waals surface area contributed by atoms with Crippen molar-refractivity contribution in [3.63, 3.8) is 0 Å². The molecule has 1 aliphatic heterocycles. The van der Waals surface area contributed by atoms with Crippen LogP contribution in [0.15, 0.2) is 30.3 Å². The molecule has 2 atom stereocenters. The third kappa shape index (κ3) is 5.35. The second-order valence-electron chi connectivity index (χ2n) is 10.5. The van der Waals surface area contributed by atoms with Crippen molar-refractivity contribution in [2.24, 2.45) is 0 Å². The van der Waals surface area contributed by atoms with Crippen molar-refractivity contribution in [3.05, 3.63) is 52.8 Å². The molecule has 1 N–H and O–H groups in total. The smallest absolute Gasteiger partial charge is 0.270 e. The molecule has 1 aromatic heterocycles. The van der Waals surface area contributed by atoms with Gasteiger partial charge in [0.05, 0.1) is 18.7 Å². The lowest BCUT2D eigenvalue weighted by molar-refractivity contribution is 0.0167. The fourth-order valence-electron chi connectivity index (χ4n) is 5.63. The van der Waals surface area contributed by atoms with Gasteiger partial charge in [0.15, 0.2) is 11.5 Å². The fraction of sp³-hybridized carbons (Fsp3) is 0.517. The molecule has 8 heteroatoms. The third-order valence-corrected chi connectivity index (χ3v) is 7.63. The topological polar surface area (TPSA) is 59.5 Å². The zero-order chi connectivity index (χ0) is 26.3. The number of alkyl halides is 2. The molecule has 198 valence electrons. The van der Waals surface area contributed by atoms with E-state index >= 15 is 0 Å². The Morgan fingerprint density at radius 3 is 2.62 bits per heavy atom. The molecule has 0 radical (unpaired) electrons. The number of ether oxygens (including phenoxy) is 2. The van der Waals surface area contributed by atoms with E-state index in [0.717, 1.165) is 42.4 Å². The average molecular weight is 511 g/mol. The fourth-order valence-corrected chi connectivity index (χ4v) is 5.63. The molecule has 0 unspecified atom stereocenters. The molecular formula is C29H36F2N4O2. The average Bonchev–Trinajstić information content (AvgIpc) is 3.58. The lowest BCUT2D eigenvalue weighted by atomic mass is 9.94. The molecule has 2 aliphatic rings. The molecule has 5 rings (SSSR count). The lowest BCUT2D eigenvalue weighted by Crippen LogP contribution is -2.35. The Morgan fingerprint density at radius 2 is 1.92 bits per heavy atom. The van der Waals surface area contributed by atoms with Crippen molar-refractivity contribution in [2.75, 3.05) is 25.6 Å². The van der Waals surface area contributed by atoms with Gasteiger partial charge >= 0.3 is 0 Å². The van der Waals surface area contributed by atoms with E-state index in [2.05, 4.69) is 20.2 Å². The molecule has 2 heterocycles. The summed E-state index contributed by atoms with van der Waals surface area (Å²) in [6, 6.07) is 9.75. The largest absolute Gasteiger partial charge is 0.493 e. The Balaban J connectivity index is 1.44. The van der Waals surface area contributed by atoms with Crippen molar-refractivity contribution >= 4 is 16.7 Å². The van der Waals surface area contributed by atoms with E-state index in [9.17, 15) is 8.78 Å². The third-order valence-electron chi connectivity index (χ3n) is 7.63. The Labute approximate surface area is 217 Å². The number of hydrogen-bond acceptors (Lipinski definition) is 6. The minimum Gasteiger partial charge on any atom is -0.493 e. The molecule has 0 bridgehead atoms. The molecule has 0 spiro atoms. The van der Waals surface area contributed by atoms with Gasteiger partial charge in [-0.3, -0.25) is 4.90 Å². The Morgan fingerprint density at radius 1 is 1.14 bits per heavy atom. The Kier molecular flexibility index (Phi) is 6.96. The first kappa shape index (κ1) is 25.6. The van der Waals surface area contributed by atoms with Gasteiger partial charge in [0.25, 0.3) is 5.92 Å². The van der Waals surface area contributed by atoms with Gasteiger partial charge in [0, 0.05) is 36.0 Å². The lowest BCUT2D eigenvalue weighted by Gasteiger charge is -2.25. The van der Waals surface area contributed by atoms with Crippen LogP contribution in [0.5, 0.6) is 11.5 Å². The van der Waals surface area contributed by atoms with E-state index in [1.165, 1.54) is 25.3 Å². The number of benzene rings is 2. The predicted molar refractivity (Wildman–Crippen MR) is 142 cm³/mol. The molecule has 3 aromatic rings. The maximum absolute atomic E-state index is 14.1. The van der Waals surface area contributed by atoms with Crippen molar-refractivity contribution < 1.29 is 18.3 Å². The highest BCUT2D eigenvalue weighted by Crippen LogP contribution is 2.38. The summed E-state index contributed by atoms with van der Waals surface area (Å²) in [6.45, 7) is 8.23. The molecule has 37 heavy (non-hydrogen) atoms. The van der Waals surface area contributed by atoms with Gasteiger partial charge in [-0.1, -0.05) is 18.2 Å². The first-order valence-corrected chi connectivity index (χ1v) is 13.1. The number of aryl methyl sites for hydroxylation is 1. The van der Waals surface area contributed by atoms with Crippen molar-refractivity contribution in [3.8, 4) is 11.5 Å². The summed E-state index contributed by atoms with van der Waals surface area (Å²) in [6.07, 6.45) is 4.94. The first-order chi connectivity index (χ1) is 17.7. The number of nitrogens with zero attached hydrogens (tertiary/aromatic N) is 3. The maximum atomic E-state index is 14.1. The number of halogens is 2. The molecular weight excluding hydrogens is 474 g/mol. The highest BCUT2D eigenvalue weighted by Gasteiger charge is 2.37. The first-order valence-electron chi connectivity index (χ1n) is 13.1. The van der Waals surface area contributed by atoms with E-state index in [0.29, 0.717) is 41.4 Å². The number of fused-ring (bicyclic) bond motifs is 1. The van der Waals surface area contributed by atoms with Crippen LogP contribution in [0.1, 0.15) is 68.1 Å². The summed E-state index contributed by atoms with van der Waals surface area (Å²) >= 11 is 0. The number of hydrogen-bond donors (Lipinski definition) is 1. The van der Waals surface area contributed by atoms with Crippen LogP contribution in [0.2, 0.25) is 0 Å². The molecule has 2 aromatic carbocycles. The summed E-state index contributed by atoms with van der Waals surface area (Å²) in [5.41, 5.74) is 2.15. The molecule has 2 fully saturated rings. The zero-order valence-electron chi connectivity index (χ0n) is 22.3. The van der Waals surface area contributed by atoms with Crippen LogP contribution < -0.4 is 14.8 Å². The predicted octanol–water partition coefficient (Wildman–Crippen LogP) is 6.55. The van der Waals surface area contributed by atoms with E-state index < -0.39 is 5.92 Å². The summed E-state index contributed by atoms with van der Waals surface area (Å²) < 4.78 is 40.3. The molecule has 6 nitrogen and oxygen atoms in total. The Hall–Kier alpha value is -3.00. The maximum Gasteiger partial charge on any atom is 0.270 e. The summed E-state index contributed by atoms with van der Waals surface area (Å²) in [5.74, 6) is -0.376. The standard InChI is InChI=1S/C29H36F2N4O2/c1-17-22(9-6-10-24(17)29(4,30)31)18(2)32-28-23-14-27(26(36-5)15-25(23)33-19(3)34-28)37-16-21-8-7-13-35(21)20-11-12-20/h6,9-10,14-15,18,20-21H,7-8,11-13,16H2,1-5H3,(H,32,33,34)/t18-,21+/m1/s1. The van der Waals surface area contributed by atoms with Crippen molar-refractivity contribution in [2.45, 2.75) is 77.4 Å². The molecule has 1 saturated heterocycles. The monoisotopic (exact) mass is 510 g/mol. The van der Waals surface area contributed by atoms with Crippen LogP contribution in [-0.4, -0.2) is 47.2 Å². The highest BCUT2D eigenvalue weighted by atomic mass is 19.3. The Bertz CT molecular complexity index is 1290. The van der Waals surface area contributed by atoms with E-state index in [1.54, 1.807) is 20.1 Å². The van der Waals surface area contributed by atoms with Gasteiger partial charge in [-0.25, -0.2) is 18.7 Å². The zero-order valence-corrected chi connectivity index (χ0v) is 22.3. The van der Waals surface area contributed by atoms with Gasteiger partial charge in [-0.05, 0) is 70.2 Å². The minimum atomic E-state index is -2.91. The van der Waals surface area contributed by atoms with Crippen LogP contribution in [0.4, 0.5) is 14.6 Å².